The molecule has 1 heterocycles. The fourth-order valence-electron chi connectivity index (χ4n) is 4.69. The lowest BCUT2D eigenvalue weighted by atomic mass is 9.88. The molecule has 3 nitrogen and oxygen atoms in total. The number of aromatic nitrogens is 1. The third-order valence-electron chi connectivity index (χ3n) is 6.38. The van der Waals surface area contributed by atoms with Crippen LogP contribution < -0.4 is 4.74 Å². The summed E-state index contributed by atoms with van der Waals surface area (Å²) in [5, 5.41) is 0. The number of allylic oxidation sites excluding steroid dienone is 2. The molecule has 5 rings (SSSR count). The maximum atomic E-state index is 6.56. The Hall–Kier alpha value is -3.59. The molecule has 0 radical (unpaired) electrons. The van der Waals surface area contributed by atoms with E-state index in [9.17, 15) is 0 Å². The maximum absolute atomic E-state index is 6.56. The maximum Gasteiger partial charge on any atom is 0.223 e. The Morgan fingerprint density at radius 3 is 2.39 bits per heavy atom. The molecule has 0 bridgehead atoms. The molecule has 1 aliphatic rings. The summed E-state index contributed by atoms with van der Waals surface area (Å²) in [5.41, 5.74) is 5.54. The van der Waals surface area contributed by atoms with Gasteiger partial charge in [0.1, 0.15) is 11.4 Å². The van der Waals surface area contributed by atoms with Gasteiger partial charge >= 0.3 is 0 Å². The van der Waals surface area contributed by atoms with Crippen LogP contribution in [0.5, 0.6) is 5.75 Å². The molecule has 4 aromatic rings. The smallest absolute Gasteiger partial charge is 0.223 e. The number of oxazole rings is 1. The van der Waals surface area contributed by atoms with E-state index in [2.05, 4.69) is 60.7 Å². The fraction of sp³-hybridized carbons (Fsp3) is 0.233. The van der Waals surface area contributed by atoms with Gasteiger partial charge in [-0.1, -0.05) is 85.3 Å². The molecule has 33 heavy (non-hydrogen) atoms. The topological polar surface area (TPSA) is 35.3 Å². The molecule has 1 atom stereocenters. The van der Waals surface area contributed by atoms with Crippen LogP contribution in [-0.2, 0) is 6.42 Å². The number of hydrogen-bond donors (Lipinski definition) is 0. The largest absolute Gasteiger partial charge is 0.497 e. The van der Waals surface area contributed by atoms with Crippen molar-refractivity contribution < 1.29 is 9.15 Å². The van der Waals surface area contributed by atoms with E-state index in [4.69, 9.17) is 14.1 Å². The SMILES string of the molecule is COc1cccc(CC2CCCCC=C2c2nc(-c3ccccc3)c(-c3ccccc3)o2)c1. The summed E-state index contributed by atoms with van der Waals surface area (Å²) in [5.74, 6) is 2.86. The average molecular weight is 436 g/mol. The monoisotopic (exact) mass is 435 g/mol. The first-order chi connectivity index (χ1) is 16.3. The number of hydrogen-bond acceptors (Lipinski definition) is 3. The van der Waals surface area contributed by atoms with E-state index in [-0.39, 0.29) is 0 Å². The van der Waals surface area contributed by atoms with E-state index in [1.807, 2.05) is 30.3 Å². The van der Waals surface area contributed by atoms with Crippen molar-refractivity contribution in [1.82, 2.24) is 4.98 Å². The highest BCUT2D eigenvalue weighted by atomic mass is 16.5. The van der Waals surface area contributed by atoms with Crippen molar-refractivity contribution in [2.75, 3.05) is 7.11 Å². The molecule has 0 aliphatic heterocycles. The van der Waals surface area contributed by atoms with Crippen molar-refractivity contribution in [1.29, 1.82) is 0 Å². The summed E-state index contributed by atoms with van der Waals surface area (Å²) in [6.07, 6.45) is 7.92. The zero-order chi connectivity index (χ0) is 22.5. The number of benzene rings is 3. The Bertz CT molecular complexity index is 1170. The van der Waals surface area contributed by atoms with Gasteiger partial charge in [-0.3, -0.25) is 0 Å². The fourth-order valence-corrected chi connectivity index (χ4v) is 4.69. The molecule has 0 spiro atoms. The highest BCUT2D eigenvalue weighted by Crippen LogP contribution is 2.39. The van der Waals surface area contributed by atoms with Gasteiger partial charge in [-0.15, -0.1) is 0 Å². The van der Waals surface area contributed by atoms with E-state index in [0.717, 1.165) is 53.5 Å². The van der Waals surface area contributed by atoms with Crippen LogP contribution in [0.1, 0.15) is 37.1 Å². The zero-order valence-electron chi connectivity index (χ0n) is 19.0. The minimum Gasteiger partial charge on any atom is -0.497 e. The number of ether oxygens (including phenoxy) is 1. The van der Waals surface area contributed by atoms with Crippen LogP contribution in [0.15, 0.2) is 95.4 Å². The summed E-state index contributed by atoms with van der Waals surface area (Å²) in [6, 6.07) is 29.0. The summed E-state index contributed by atoms with van der Waals surface area (Å²) in [4.78, 5) is 5.09. The van der Waals surface area contributed by atoms with Crippen LogP contribution in [0, 0.1) is 5.92 Å². The first-order valence-electron chi connectivity index (χ1n) is 11.8. The molecule has 3 aromatic carbocycles. The van der Waals surface area contributed by atoms with Crippen LogP contribution in [0.4, 0.5) is 0 Å². The normalized spacial score (nSPS) is 16.2. The number of methoxy groups -OCH3 is 1. The van der Waals surface area contributed by atoms with Crippen molar-refractivity contribution in [3.05, 3.63) is 102 Å². The Morgan fingerprint density at radius 1 is 0.879 bits per heavy atom. The summed E-state index contributed by atoms with van der Waals surface area (Å²) in [7, 11) is 1.72. The number of rotatable bonds is 6. The standard InChI is InChI=1S/C30H29NO2/c1-32-26-18-11-12-22(21-26)20-25-17-9-4-10-19-27(25)30-31-28(23-13-5-2-6-14-23)29(33-30)24-15-7-3-8-16-24/h2-3,5-8,11-16,18-19,21,25H,4,9-10,17,20H2,1H3. The van der Waals surface area contributed by atoms with Crippen LogP contribution in [-0.4, -0.2) is 12.1 Å². The van der Waals surface area contributed by atoms with Gasteiger partial charge in [0.15, 0.2) is 5.76 Å². The molecule has 0 saturated heterocycles. The van der Waals surface area contributed by atoms with Gasteiger partial charge in [-0.25, -0.2) is 4.98 Å². The molecule has 3 heteroatoms. The summed E-state index contributed by atoms with van der Waals surface area (Å²) >= 11 is 0. The minimum atomic E-state index is 0.366. The predicted octanol–water partition coefficient (Wildman–Crippen LogP) is 7.83. The Balaban J connectivity index is 1.56. The molecule has 1 unspecified atom stereocenters. The van der Waals surface area contributed by atoms with Gasteiger partial charge in [0.25, 0.3) is 0 Å². The summed E-state index contributed by atoms with van der Waals surface area (Å²) in [6.45, 7) is 0. The van der Waals surface area contributed by atoms with Crippen molar-refractivity contribution in [3.8, 4) is 28.3 Å². The van der Waals surface area contributed by atoms with Gasteiger partial charge in [0.05, 0.1) is 7.11 Å². The van der Waals surface area contributed by atoms with Crippen LogP contribution in [0.25, 0.3) is 28.2 Å². The molecule has 1 aliphatic carbocycles. The second-order valence-electron chi connectivity index (χ2n) is 8.63. The van der Waals surface area contributed by atoms with E-state index in [1.54, 1.807) is 7.11 Å². The van der Waals surface area contributed by atoms with Gasteiger partial charge in [0, 0.05) is 16.7 Å². The van der Waals surface area contributed by atoms with Crippen LogP contribution in [0.2, 0.25) is 0 Å². The molecule has 0 amide bonds. The lowest BCUT2D eigenvalue weighted by Crippen LogP contribution is -2.07. The minimum absolute atomic E-state index is 0.366. The second kappa shape index (κ2) is 9.91. The molecule has 0 fully saturated rings. The van der Waals surface area contributed by atoms with E-state index < -0.39 is 0 Å². The molecule has 0 N–H and O–H groups in total. The molecule has 166 valence electrons. The van der Waals surface area contributed by atoms with Gasteiger partial charge < -0.3 is 9.15 Å². The highest BCUT2D eigenvalue weighted by Gasteiger charge is 2.25. The van der Waals surface area contributed by atoms with Crippen molar-refractivity contribution in [2.45, 2.75) is 32.1 Å². The van der Waals surface area contributed by atoms with E-state index in [1.165, 1.54) is 24.0 Å². The third kappa shape index (κ3) is 4.78. The van der Waals surface area contributed by atoms with Gasteiger partial charge in [-0.05, 0) is 49.3 Å². The Kier molecular flexibility index (Phi) is 6.39. The van der Waals surface area contributed by atoms with Crippen molar-refractivity contribution in [3.63, 3.8) is 0 Å². The first-order valence-corrected chi connectivity index (χ1v) is 11.8. The molecular weight excluding hydrogens is 406 g/mol. The second-order valence-corrected chi connectivity index (χ2v) is 8.63. The van der Waals surface area contributed by atoms with E-state index >= 15 is 0 Å². The average Bonchev–Trinajstić information content (AvgIpc) is 3.19. The third-order valence-corrected chi connectivity index (χ3v) is 6.38. The zero-order valence-corrected chi connectivity index (χ0v) is 19.0. The van der Waals surface area contributed by atoms with Gasteiger partial charge in [-0.2, -0.15) is 0 Å². The molecular formula is C30H29NO2. The molecule has 0 saturated carbocycles. The molecule has 1 aromatic heterocycles. The predicted molar refractivity (Wildman–Crippen MR) is 134 cm³/mol. The first kappa shape index (κ1) is 21.3. The van der Waals surface area contributed by atoms with Crippen LogP contribution >= 0.6 is 0 Å². The Labute approximate surface area is 195 Å². The van der Waals surface area contributed by atoms with Crippen LogP contribution in [0.3, 0.4) is 0 Å². The lowest BCUT2D eigenvalue weighted by molar-refractivity contribution is 0.414. The van der Waals surface area contributed by atoms with Crippen molar-refractivity contribution in [2.24, 2.45) is 5.92 Å². The van der Waals surface area contributed by atoms with Crippen molar-refractivity contribution >= 4 is 5.57 Å². The summed E-state index contributed by atoms with van der Waals surface area (Å²) < 4.78 is 12.0. The number of nitrogens with zero attached hydrogens (tertiary/aromatic N) is 1. The lowest BCUT2D eigenvalue weighted by Gasteiger charge is -2.17. The van der Waals surface area contributed by atoms with Gasteiger partial charge in [0.2, 0.25) is 5.89 Å². The Morgan fingerprint density at radius 2 is 1.64 bits per heavy atom. The quantitative estimate of drug-likeness (QED) is 0.309. The van der Waals surface area contributed by atoms with E-state index in [0.29, 0.717) is 5.92 Å². The highest BCUT2D eigenvalue weighted by molar-refractivity contribution is 5.79.